The number of rotatable bonds is 7. The van der Waals surface area contributed by atoms with Crippen molar-refractivity contribution < 1.29 is 14.5 Å². The number of carbonyl (C=O) groups excluding carboxylic acids is 1. The number of nitro benzene ring substituents is 1. The molecule has 2 rings (SSSR count). The van der Waals surface area contributed by atoms with E-state index in [0.29, 0.717) is 13.2 Å². The molecule has 1 atom stereocenters. The smallest absolute Gasteiger partial charge is 0.311 e. The van der Waals surface area contributed by atoms with Gasteiger partial charge in [0.05, 0.1) is 11.5 Å². The second-order valence-electron chi connectivity index (χ2n) is 5.39. The van der Waals surface area contributed by atoms with Crippen molar-refractivity contribution in [3.63, 3.8) is 0 Å². The minimum atomic E-state index is -0.547. The van der Waals surface area contributed by atoms with Gasteiger partial charge in [-0.1, -0.05) is 37.3 Å². The van der Waals surface area contributed by atoms with Crippen molar-refractivity contribution in [2.24, 2.45) is 0 Å². The van der Waals surface area contributed by atoms with E-state index in [0.717, 1.165) is 5.56 Å². The van der Waals surface area contributed by atoms with Gasteiger partial charge >= 0.3 is 5.69 Å². The first-order valence-corrected chi connectivity index (χ1v) is 7.77. The largest absolute Gasteiger partial charge is 0.487 e. The van der Waals surface area contributed by atoms with E-state index < -0.39 is 4.92 Å². The summed E-state index contributed by atoms with van der Waals surface area (Å²) < 4.78 is 5.22. The van der Waals surface area contributed by atoms with E-state index in [9.17, 15) is 14.9 Å². The molecule has 0 bridgehead atoms. The molecule has 2 aromatic carbocycles. The third kappa shape index (κ3) is 4.32. The first kappa shape index (κ1) is 17.5. The fourth-order valence-electron chi connectivity index (χ4n) is 2.33. The summed E-state index contributed by atoms with van der Waals surface area (Å²) in [6.07, 6.45) is 0. The molecular formula is C18H20N2O4. The Morgan fingerprint density at radius 3 is 2.58 bits per heavy atom. The lowest BCUT2D eigenvalue weighted by atomic mass is 10.0. The van der Waals surface area contributed by atoms with Gasteiger partial charge in [-0.05, 0) is 30.5 Å². The number of carbonyl (C=O) groups is 1. The van der Waals surface area contributed by atoms with Gasteiger partial charge in [-0.2, -0.15) is 0 Å². The highest BCUT2D eigenvalue weighted by atomic mass is 16.6. The number of benzene rings is 2. The predicted molar refractivity (Wildman–Crippen MR) is 91.5 cm³/mol. The van der Waals surface area contributed by atoms with Crippen LogP contribution in [0.5, 0.6) is 5.75 Å². The maximum Gasteiger partial charge on any atom is 0.311 e. The number of ether oxygens (including phenoxy) is 1. The number of nitrogens with one attached hydrogen (secondary N) is 1. The van der Waals surface area contributed by atoms with Crippen LogP contribution in [0.15, 0.2) is 48.5 Å². The van der Waals surface area contributed by atoms with Crippen LogP contribution in [0.2, 0.25) is 0 Å². The fraction of sp³-hybridized carbons (Fsp3) is 0.278. The maximum absolute atomic E-state index is 12.2. The molecule has 0 aliphatic carbocycles. The molecule has 126 valence electrons. The van der Waals surface area contributed by atoms with Crippen molar-refractivity contribution >= 4 is 11.6 Å². The quantitative estimate of drug-likeness (QED) is 0.623. The molecule has 0 fully saturated rings. The lowest BCUT2D eigenvalue weighted by molar-refractivity contribution is -0.385. The Bertz CT molecular complexity index is 716. The van der Waals surface area contributed by atoms with Gasteiger partial charge in [-0.25, -0.2) is 0 Å². The van der Waals surface area contributed by atoms with Crippen molar-refractivity contribution in [1.29, 1.82) is 0 Å². The molecule has 0 aromatic heterocycles. The van der Waals surface area contributed by atoms with Gasteiger partial charge in [-0.3, -0.25) is 14.9 Å². The SMILES string of the molecule is CCOc1ccc(C(=O)NC[C@H](C)c2ccccc2)cc1[N+](=O)[O-]. The third-order valence-corrected chi connectivity index (χ3v) is 3.66. The second kappa shape index (κ2) is 8.10. The van der Waals surface area contributed by atoms with Crippen LogP contribution in [-0.4, -0.2) is 24.0 Å². The highest BCUT2D eigenvalue weighted by Crippen LogP contribution is 2.28. The average Bonchev–Trinajstić information content (AvgIpc) is 2.60. The molecule has 0 saturated heterocycles. The average molecular weight is 328 g/mol. The van der Waals surface area contributed by atoms with Crippen molar-refractivity contribution in [3.05, 3.63) is 69.8 Å². The van der Waals surface area contributed by atoms with E-state index in [1.165, 1.54) is 18.2 Å². The van der Waals surface area contributed by atoms with Crippen LogP contribution >= 0.6 is 0 Å². The Labute approximate surface area is 140 Å². The number of amides is 1. The number of hydrogen-bond donors (Lipinski definition) is 1. The normalized spacial score (nSPS) is 11.6. The third-order valence-electron chi connectivity index (χ3n) is 3.66. The van der Waals surface area contributed by atoms with Crippen LogP contribution in [0.25, 0.3) is 0 Å². The van der Waals surface area contributed by atoms with E-state index in [-0.39, 0.29) is 28.8 Å². The summed E-state index contributed by atoms with van der Waals surface area (Å²) in [6.45, 7) is 4.52. The van der Waals surface area contributed by atoms with E-state index in [1.807, 2.05) is 37.3 Å². The summed E-state index contributed by atoms with van der Waals surface area (Å²) in [5, 5.41) is 13.9. The molecule has 0 spiro atoms. The summed E-state index contributed by atoms with van der Waals surface area (Å²) >= 11 is 0. The Balaban J connectivity index is 2.07. The molecule has 6 heteroatoms. The highest BCUT2D eigenvalue weighted by molar-refractivity contribution is 5.95. The van der Waals surface area contributed by atoms with Gasteiger partial charge in [-0.15, -0.1) is 0 Å². The first-order chi connectivity index (χ1) is 11.5. The molecule has 0 heterocycles. The molecular weight excluding hydrogens is 308 g/mol. The van der Waals surface area contributed by atoms with Gasteiger partial charge in [0.25, 0.3) is 5.91 Å². The lowest BCUT2D eigenvalue weighted by Gasteiger charge is -2.13. The summed E-state index contributed by atoms with van der Waals surface area (Å²) in [4.78, 5) is 22.8. The number of nitrogens with zero attached hydrogens (tertiary/aromatic N) is 1. The van der Waals surface area contributed by atoms with E-state index in [1.54, 1.807) is 6.92 Å². The molecule has 0 aliphatic heterocycles. The summed E-state index contributed by atoms with van der Waals surface area (Å²) in [7, 11) is 0. The van der Waals surface area contributed by atoms with Gasteiger partial charge in [0.2, 0.25) is 0 Å². The minimum absolute atomic E-state index is 0.146. The molecule has 0 aliphatic rings. The molecule has 24 heavy (non-hydrogen) atoms. The Morgan fingerprint density at radius 1 is 1.25 bits per heavy atom. The topological polar surface area (TPSA) is 81.5 Å². The first-order valence-electron chi connectivity index (χ1n) is 7.77. The van der Waals surface area contributed by atoms with Crippen LogP contribution in [0, 0.1) is 10.1 Å². The summed E-state index contributed by atoms with van der Waals surface area (Å²) in [5.41, 5.74) is 1.15. The summed E-state index contributed by atoms with van der Waals surface area (Å²) in [6, 6.07) is 14.1. The molecule has 0 radical (unpaired) electrons. The molecule has 1 amide bonds. The second-order valence-corrected chi connectivity index (χ2v) is 5.39. The van der Waals surface area contributed by atoms with Crippen LogP contribution < -0.4 is 10.1 Å². The molecule has 0 unspecified atom stereocenters. The Hall–Kier alpha value is -2.89. The van der Waals surface area contributed by atoms with Gasteiger partial charge < -0.3 is 10.1 Å². The molecule has 2 aromatic rings. The predicted octanol–water partition coefficient (Wildman–Crippen LogP) is 3.53. The van der Waals surface area contributed by atoms with E-state index >= 15 is 0 Å². The molecule has 0 saturated carbocycles. The van der Waals surface area contributed by atoms with Crippen LogP contribution in [0.4, 0.5) is 5.69 Å². The molecule has 1 N–H and O–H groups in total. The standard InChI is InChI=1S/C18H20N2O4/c1-3-24-17-10-9-15(11-16(17)20(22)23)18(21)19-12-13(2)14-7-5-4-6-8-14/h4-11,13H,3,12H2,1-2H3,(H,19,21)/t13-/m0/s1. The highest BCUT2D eigenvalue weighted by Gasteiger charge is 2.19. The zero-order chi connectivity index (χ0) is 17.5. The van der Waals surface area contributed by atoms with E-state index in [2.05, 4.69) is 5.32 Å². The Morgan fingerprint density at radius 2 is 1.96 bits per heavy atom. The molecule has 6 nitrogen and oxygen atoms in total. The zero-order valence-electron chi connectivity index (χ0n) is 13.7. The number of hydrogen-bond acceptors (Lipinski definition) is 4. The van der Waals surface area contributed by atoms with Crippen molar-refractivity contribution in [3.8, 4) is 5.75 Å². The van der Waals surface area contributed by atoms with Gasteiger partial charge in [0, 0.05) is 18.2 Å². The monoisotopic (exact) mass is 328 g/mol. The zero-order valence-corrected chi connectivity index (χ0v) is 13.7. The number of nitro groups is 1. The summed E-state index contributed by atoms with van der Waals surface area (Å²) in [5.74, 6) is -0.0338. The lowest BCUT2D eigenvalue weighted by Crippen LogP contribution is -2.27. The maximum atomic E-state index is 12.2. The minimum Gasteiger partial charge on any atom is -0.487 e. The fourth-order valence-corrected chi connectivity index (χ4v) is 2.33. The van der Waals surface area contributed by atoms with Crippen molar-refractivity contribution in [1.82, 2.24) is 5.32 Å². The van der Waals surface area contributed by atoms with Crippen molar-refractivity contribution in [2.75, 3.05) is 13.2 Å². The van der Waals surface area contributed by atoms with Gasteiger partial charge in [0.15, 0.2) is 5.75 Å². The van der Waals surface area contributed by atoms with Crippen LogP contribution in [-0.2, 0) is 0 Å². The van der Waals surface area contributed by atoms with E-state index in [4.69, 9.17) is 4.74 Å². The Kier molecular flexibility index (Phi) is 5.89. The van der Waals surface area contributed by atoms with Gasteiger partial charge in [0.1, 0.15) is 0 Å². The van der Waals surface area contributed by atoms with Crippen molar-refractivity contribution in [2.45, 2.75) is 19.8 Å². The van der Waals surface area contributed by atoms with Crippen LogP contribution in [0.3, 0.4) is 0 Å². The van der Waals surface area contributed by atoms with Crippen LogP contribution in [0.1, 0.15) is 35.7 Å².